The van der Waals surface area contributed by atoms with Gasteiger partial charge in [0.25, 0.3) is 5.56 Å². The Balaban J connectivity index is 2.42. The van der Waals surface area contributed by atoms with Crippen molar-refractivity contribution < 1.29 is 13.5 Å². The fourth-order valence-corrected chi connectivity index (χ4v) is 1.85. The maximum atomic E-state index is 12.5. The Kier molecular flexibility index (Phi) is 4.50. The Morgan fingerprint density at radius 2 is 2.19 bits per heavy atom. The molecule has 2 rings (SSSR count). The van der Waals surface area contributed by atoms with Crippen molar-refractivity contribution in [3.05, 3.63) is 51.2 Å². The van der Waals surface area contributed by atoms with E-state index in [9.17, 15) is 13.6 Å². The number of hydrogen-bond donors (Lipinski definition) is 1. The van der Waals surface area contributed by atoms with Crippen LogP contribution in [0.5, 0.6) is 11.5 Å². The van der Waals surface area contributed by atoms with Crippen molar-refractivity contribution >= 4 is 11.6 Å². The molecule has 0 unspecified atom stereocenters. The van der Waals surface area contributed by atoms with Crippen molar-refractivity contribution in [2.75, 3.05) is 0 Å². The number of aromatic nitrogens is 2. The highest BCUT2D eigenvalue weighted by atomic mass is 35.5. The second-order valence-electron chi connectivity index (χ2n) is 3.99. The van der Waals surface area contributed by atoms with Gasteiger partial charge in [-0.05, 0) is 18.2 Å². The van der Waals surface area contributed by atoms with Gasteiger partial charge in [-0.3, -0.25) is 4.79 Å². The Labute approximate surface area is 122 Å². The number of aromatic amines is 1. The minimum atomic E-state index is -2.67. The molecule has 1 aromatic carbocycles. The first-order chi connectivity index (χ1) is 9.99. The summed E-state index contributed by atoms with van der Waals surface area (Å²) in [4.78, 5) is 17.6. The highest BCUT2D eigenvalue weighted by Crippen LogP contribution is 2.26. The number of nitrogens with zero attached hydrogens (tertiary/aromatic N) is 2. The van der Waals surface area contributed by atoms with Gasteiger partial charge in [-0.25, -0.2) is 13.8 Å². The van der Waals surface area contributed by atoms with Crippen molar-refractivity contribution in [1.29, 1.82) is 5.26 Å². The molecule has 0 saturated heterocycles. The summed E-state index contributed by atoms with van der Waals surface area (Å²) in [6, 6.07) is 5.97. The number of rotatable bonds is 4. The summed E-state index contributed by atoms with van der Waals surface area (Å²) in [7, 11) is 0. The summed E-state index contributed by atoms with van der Waals surface area (Å²) in [6.45, 7) is 0. The van der Waals surface area contributed by atoms with Crippen molar-refractivity contribution in [2.24, 2.45) is 0 Å². The zero-order valence-electron chi connectivity index (χ0n) is 10.4. The van der Waals surface area contributed by atoms with Crippen LogP contribution in [0.1, 0.15) is 11.3 Å². The van der Waals surface area contributed by atoms with Crippen molar-refractivity contribution in [2.45, 2.75) is 12.8 Å². The van der Waals surface area contributed by atoms with E-state index < -0.39 is 18.4 Å². The normalized spacial score (nSPS) is 10.4. The third-order valence-corrected chi connectivity index (χ3v) is 2.67. The lowest BCUT2D eigenvalue weighted by molar-refractivity contribution is 0.146. The zero-order valence-corrected chi connectivity index (χ0v) is 11.2. The summed E-state index contributed by atoms with van der Waals surface area (Å²) in [6.07, 6.45) is -2.37. The van der Waals surface area contributed by atoms with E-state index >= 15 is 0 Å². The van der Waals surface area contributed by atoms with Gasteiger partial charge in [0, 0.05) is 5.02 Å². The van der Waals surface area contributed by atoms with Gasteiger partial charge >= 0.3 is 0 Å². The van der Waals surface area contributed by atoms with Crippen LogP contribution in [0.15, 0.2) is 29.3 Å². The molecule has 0 radical (unpaired) electrons. The molecule has 0 saturated carbocycles. The van der Waals surface area contributed by atoms with E-state index in [2.05, 4.69) is 9.97 Å². The molecule has 0 aliphatic heterocycles. The second kappa shape index (κ2) is 6.33. The highest BCUT2D eigenvalue weighted by Gasteiger charge is 2.16. The summed E-state index contributed by atoms with van der Waals surface area (Å²) < 4.78 is 30.3. The molecular weight excluding hydrogens is 304 g/mol. The second-order valence-corrected chi connectivity index (χ2v) is 4.43. The largest absolute Gasteiger partial charge is 0.450 e. The smallest absolute Gasteiger partial charge is 0.294 e. The van der Waals surface area contributed by atoms with E-state index in [0.717, 1.165) is 6.33 Å². The van der Waals surface area contributed by atoms with Crippen LogP contribution in [0.2, 0.25) is 5.02 Å². The van der Waals surface area contributed by atoms with Gasteiger partial charge in [0.05, 0.1) is 30.1 Å². The van der Waals surface area contributed by atoms with Crippen molar-refractivity contribution in [1.82, 2.24) is 9.97 Å². The highest BCUT2D eigenvalue weighted by molar-refractivity contribution is 6.30. The zero-order chi connectivity index (χ0) is 15.4. The molecule has 0 aliphatic carbocycles. The molecule has 0 spiro atoms. The maximum Gasteiger partial charge on any atom is 0.294 e. The van der Waals surface area contributed by atoms with E-state index in [4.69, 9.17) is 21.6 Å². The summed E-state index contributed by atoms with van der Waals surface area (Å²) >= 11 is 5.81. The standard InChI is InChI=1S/C13H8ClF2N3O2/c14-8-1-7(5-17)2-9(3-8)21-12-10(4-11(15)16)18-6-19-13(12)20/h1-3,6,11H,4H2,(H,18,19,20). The van der Waals surface area contributed by atoms with Crippen LogP contribution in [-0.4, -0.2) is 16.4 Å². The van der Waals surface area contributed by atoms with Gasteiger partial charge in [0.2, 0.25) is 12.2 Å². The number of nitrogens with one attached hydrogen (secondary N) is 1. The summed E-state index contributed by atoms with van der Waals surface area (Å²) in [5, 5.41) is 9.06. The average molecular weight is 312 g/mol. The van der Waals surface area contributed by atoms with Gasteiger partial charge < -0.3 is 9.72 Å². The molecule has 5 nitrogen and oxygen atoms in total. The predicted octanol–water partition coefficient (Wildman–Crippen LogP) is 2.89. The van der Waals surface area contributed by atoms with E-state index in [1.165, 1.54) is 18.2 Å². The van der Waals surface area contributed by atoms with Crippen LogP contribution in [0, 0.1) is 11.3 Å². The lowest BCUT2D eigenvalue weighted by Crippen LogP contribution is -2.14. The van der Waals surface area contributed by atoms with E-state index in [0.29, 0.717) is 0 Å². The maximum absolute atomic E-state index is 12.5. The van der Waals surface area contributed by atoms with Crippen molar-refractivity contribution in [3.8, 4) is 17.6 Å². The fraction of sp³-hybridized carbons (Fsp3) is 0.154. The van der Waals surface area contributed by atoms with Gasteiger partial charge in [-0.1, -0.05) is 11.6 Å². The first-order valence-electron chi connectivity index (χ1n) is 5.73. The fourth-order valence-electron chi connectivity index (χ4n) is 1.62. The lowest BCUT2D eigenvalue weighted by Gasteiger charge is -2.09. The van der Waals surface area contributed by atoms with Crippen LogP contribution in [0.3, 0.4) is 0 Å². The monoisotopic (exact) mass is 311 g/mol. The Morgan fingerprint density at radius 1 is 1.43 bits per heavy atom. The predicted molar refractivity (Wildman–Crippen MR) is 70.8 cm³/mol. The molecule has 0 bridgehead atoms. The average Bonchev–Trinajstić information content (AvgIpc) is 2.41. The SMILES string of the molecule is N#Cc1cc(Cl)cc(Oc2c(CC(F)F)nc[nH]c2=O)c1. The molecule has 0 amide bonds. The van der Waals surface area contributed by atoms with Gasteiger partial charge in [0.15, 0.2) is 0 Å². The van der Waals surface area contributed by atoms with Gasteiger partial charge in [-0.15, -0.1) is 0 Å². The molecule has 0 aliphatic rings. The Hall–Kier alpha value is -2.46. The Bertz CT molecular complexity index is 756. The van der Waals surface area contributed by atoms with E-state index in [-0.39, 0.29) is 27.8 Å². The summed E-state index contributed by atoms with van der Waals surface area (Å²) in [5.41, 5.74) is -0.653. The van der Waals surface area contributed by atoms with Gasteiger partial charge in [0.1, 0.15) is 5.75 Å². The lowest BCUT2D eigenvalue weighted by atomic mass is 10.2. The number of H-pyrrole nitrogens is 1. The number of alkyl halides is 2. The van der Waals surface area contributed by atoms with Crippen LogP contribution in [0.25, 0.3) is 0 Å². The first kappa shape index (κ1) is 14.9. The third kappa shape index (κ3) is 3.77. The molecule has 21 heavy (non-hydrogen) atoms. The van der Waals surface area contributed by atoms with Crippen molar-refractivity contribution in [3.63, 3.8) is 0 Å². The van der Waals surface area contributed by atoms with E-state index in [1.807, 2.05) is 6.07 Å². The van der Waals surface area contributed by atoms with Crippen LogP contribution < -0.4 is 10.3 Å². The van der Waals surface area contributed by atoms with Gasteiger partial charge in [-0.2, -0.15) is 5.26 Å². The molecule has 108 valence electrons. The minimum absolute atomic E-state index is 0.0908. The molecule has 2 aromatic rings. The first-order valence-corrected chi connectivity index (χ1v) is 6.10. The molecule has 8 heteroatoms. The Morgan fingerprint density at radius 3 is 2.86 bits per heavy atom. The molecule has 1 heterocycles. The molecule has 0 atom stereocenters. The summed E-state index contributed by atoms with van der Waals surface area (Å²) in [5.74, 6) is -0.253. The van der Waals surface area contributed by atoms with Crippen LogP contribution in [-0.2, 0) is 6.42 Å². The molecule has 1 N–H and O–H groups in total. The number of nitriles is 1. The molecule has 0 fully saturated rings. The van der Waals surface area contributed by atoms with Crippen LogP contribution in [0.4, 0.5) is 8.78 Å². The number of hydrogen-bond acceptors (Lipinski definition) is 4. The third-order valence-electron chi connectivity index (χ3n) is 2.45. The van der Waals surface area contributed by atoms with E-state index in [1.54, 1.807) is 0 Å². The number of ether oxygens (including phenoxy) is 1. The topological polar surface area (TPSA) is 78.8 Å². The molecular formula is C13H8ClF2N3O2. The minimum Gasteiger partial charge on any atom is -0.450 e. The number of halogens is 3. The van der Waals surface area contributed by atoms with Crippen LogP contribution >= 0.6 is 11.6 Å². The number of benzene rings is 1. The quantitative estimate of drug-likeness (QED) is 0.941. The molecule has 1 aromatic heterocycles.